The fraction of sp³-hybridized carbons (Fsp3) is 0.586. The molecule has 0 unspecified atom stereocenters. The van der Waals surface area contributed by atoms with E-state index in [2.05, 4.69) is 39.4 Å². The van der Waals surface area contributed by atoms with Crippen LogP contribution in [0.4, 0.5) is 23.1 Å². The van der Waals surface area contributed by atoms with E-state index in [1.165, 1.54) is 12.8 Å². The second-order valence-corrected chi connectivity index (χ2v) is 11.1. The molecule has 1 aliphatic carbocycles. The van der Waals surface area contributed by atoms with Crippen LogP contribution >= 0.6 is 0 Å². The van der Waals surface area contributed by atoms with Crippen LogP contribution in [0.25, 0.3) is 0 Å². The molecule has 0 radical (unpaired) electrons. The molecule has 1 atom stereocenters. The molecule has 210 valence electrons. The van der Waals surface area contributed by atoms with Gasteiger partial charge in [-0.25, -0.2) is 4.98 Å². The van der Waals surface area contributed by atoms with Crippen LogP contribution in [0.1, 0.15) is 62.2 Å². The zero-order valence-electron chi connectivity index (χ0n) is 23.6. The van der Waals surface area contributed by atoms with E-state index in [1.807, 2.05) is 13.1 Å². The van der Waals surface area contributed by atoms with Crippen molar-refractivity contribution in [2.24, 2.45) is 5.92 Å². The van der Waals surface area contributed by atoms with E-state index in [4.69, 9.17) is 9.72 Å². The van der Waals surface area contributed by atoms with Gasteiger partial charge in [-0.15, -0.1) is 0 Å². The first kappa shape index (κ1) is 27.2. The molecule has 1 aromatic heterocycles. The maximum Gasteiger partial charge on any atom is 0.251 e. The van der Waals surface area contributed by atoms with E-state index in [0.717, 1.165) is 56.7 Å². The third-order valence-electron chi connectivity index (χ3n) is 8.50. The number of carbonyl (C=O) groups excluding carboxylic acids is 2. The van der Waals surface area contributed by atoms with Crippen molar-refractivity contribution in [2.45, 2.75) is 64.0 Å². The minimum atomic E-state index is -0.0962. The number of fused-ring (bicyclic) bond motifs is 1. The van der Waals surface area contributed by atoms with Gasteiger partial charge in [0.1, 0.15) is 11.4 Å². The van der Waals surface area contributed by atoms with Gasteiger partial charge in [0.25, 0.3) is 5.91 Å². The highest BCUT2D eigenvalue weighted by molar-refractivity contribution is 5.99. The average molecular weight is 536 g/mol. The molecule has 1 saturated heterocycles. The third-order valence-corrected chi connectivity index (χ3v) is 8.50. The number of nitrogens with one attached hydrogen (secondary N) is 2. The molecular weight excluding hydrogens is 494 g/mol. The van der Waals surface area contributed by atoms with Crippen LogP contribution in [0.15, 0.2) is 24.4 Å². The van der Waals surface area contributed by atoms with E-state index in [1.54, 1.807) is 30.3 Å². The minimum Gasteiger partial charge on any atom is -0.495 e. The first-order valence-corrected chi connectivity index (χ1v) is 14.2. The lowest BCUT2D eigenvalue weighted by molar-refractivity contribution is -0.121. The second kappa shape index (κ2) is 11.8. The number of nitrogens with zero attached hydrogens (tertiary/aromatic N) is 5. The Hall–Kier alpha value is -3.40. The van der Waals surface area contributed by atoms with Gasteiger partial charge >= 0.3 is 0 Å². The highest BCUT2D eigenvalue weighted by Crippen LogP contribution is 2.38. The molecule has 0 spiro atoms. The summed E-state index contributed by atoms with van der Waals surface area (Å²) in [6.45, 7) is 4.71. The Morgan fingerprint density at radius 2 is 1.87 bits per heavy atom. The predicted octanol–water partition coefficient (Wildman–Crippen LogP) is 3.80. The number of methoxy groups -OCH3 is 1. The lowest BCUT2D eigenvalue weighted by Crippen LogP contribution is -2.43. The van der Waals surface area contributed by atoms with Gasteiger partial charge in [-0.1, -0.05) is 19.8 Å². The van der Waals surface area contributed by atoms with Crippen LogP contribution in [0.2, 0.25) is 0 Å². The maximum atomic E-state index is 13.2. The largest absolute Gasteiger partial charge is 0.495 e. The van der Waals surface area contributed by atoms with Crippen molar-refractivity contribution in [1.29, 1.82) is 0 Å². The summed E-state index contributed by atoms with van der Waals surface area (Å²) in [6.07, 6.45) is 9.03. The molecular formula is C29H41N7O3. The van der Waals surface area contributed by atoms with Crippen LogP contribution in [0.5, 0.6) is 5.75 Å². The van der Waals surface area contributed by atoms with Crippen LogP contribution in [-0.4, -0.2) is 79.6 Å². The lowest BCUT2D eigenvalue weighted by atomic mass is 10.0. The van der Waals surface area contributed by atoms with E-state index in [0.29, 0.717) is 35.5 Å². The van der Waals surface area contributed by atoms with Crippen molar-refractivity contribution in [1.82, 2.24) is 20.2 Å². The van der Waals surface area contributed by atoms with E-state index < -0.39 is 0 Å². The summed E-state index contributed by atoms with van der Waals surface area (Å²) in [4.78, 5) is 41.9. The van der Waals surface area contributed by atoms with Crippen molar-refractivity contribution in [3.63, 3.8) is 0 Å². The van der Waals surface area contributed by atoms with Crippen LogP contribution in [0, 0.1) is 5.92 Å². The Morgan fingerprint density at radius 1 is 1.13 bits per heavy atom. The van der Waals surface area contributed by atoms with Crippen molar-refractivity contribution in [2.75, 3.05) is 56.0 Å². The fourth-order valence-corrected chi connectivity index (χ4v) is 5.99. The molecule has 2 fully saturated rings. The topological polar surface area (TPSA) is 103 Å². The zero-order valence-corrected chi connectivity index (χ0v) is 23.6. The summed E-state index contributed by atoms with van der Waals surface area (Å²) in [5.74, 6) is 1.69. The Kier molecular flexibility index (Phi) is 8.20. The summed E-state index contributed by atoms with van der Waals surface area (Å²) in [5, 5.41) is 6.45. The number of rotatable bonds is 7. The van der Waals surface area contributed by atoms with Gasteiger partial charge in [-0.3, -0.25) is 9.59 Å². The quantitative estimate of drug-likeness (QED) is 0.552. The number of hydrogen-bond donors (Lipinski definition) is 2. The van der Waals surface area contributed by atoms with Crippen molar-refractivity contribution < 1.29 is 14.3 Å². The normalized spacial score (nSPS) is 21.0. The molecule has 5 rings (SSSR count). The molecule has 2 amide bonds. The highest BCUT2D eigenvalue weighted by atomic mass is 16.5. The molecule has 1 saturated carbocycles. The minimum absolute atomic E-state index is 0.0745. The van der Waals surface area contributed by atoms with Crippen molar-refractivity contribution in [3.05, 3.63) is 30.0 Å². The van der Waals surface area contributed by atoms with Crippen molar-refractivity contribution >= 4 is 35.0 Å². The van der Waals surface area contributed by atoms with Gasteiger partial charge in [0, 0.05) is 31.2 Å². The summed E-state index contributed by atoms with van der Waals surface area (Å²) >= 11 is 0. The van der Waals surface area contributed by atoms with Crippen LogP contribution in [0.3, 0.4) is 0 Å². The summed E-state index contributed by atoms with van der Waals surface area (Å²) in [5.41, 5.74) is 1.96. The summed E-state index contributed by atoms with van der Waals surface area (Å²) in [6, 6.07) is 5.93. The van der Waals surface area contributed by atoms with E-state index >= 15 is 0 Å². The SMILES string of the molecule is CC[C@@H]1CN(C2CCCC2)c2nc(Nc3ccc(C(=O)NC4CCN(C)CC4)cc3OC)ncc2N(C)C1=O. The van der Waals surface area contributed by atoms with E-state index in [9.17, 15) is 9.59 Å². The highest BCUT2D eigenvalue weighted by Gasteiger charge is 2.36. The molecule has 10 heteroatoms. The number of benzene rings is 1. The first-order valence-electron chi connectivity index (χ1n) is 14.2. The average Bonchev–Trinajstić information content (AvgIpc) is 3.46. The number of hydrogen-bond acceptors (Lipinski definition) is 8. The third kappa shape index (κ3) is 5.80. The molecule has 2 aromatic rings. The fourth-order valence-electron chi connectivity index (χ4n) is 5.99. The smallest absolute Gasteiger partial charge is 0.251 e. The van der Waals surface area contributed by atoms with Crippen LogP contribution in [-0.2, 0) is 4.79 Å². The number of piperidine rings is 1. The summed E-state index contributed by atoms with van der Waals surface area (Å²) in [7, 11) is 5.51. The molecule has 3 heterocycles. The number of anilines is 4. The number of likely N-dealkylation sites (tertiary alicyclic amines) is 1. The monoisotopic (exact) mass is 535 g/mol. The molecule has 0 bridgehead atoms. The predicted molar refractivity (Wildman–Crippen MR) is 153 cm³/mol. The maximum absolute atomic E-state index is 13.2. The Bertz CT molecular complexity index is 1190. The second-order valence-electron chi connectivity index (χ2n) is 11.1. The van der Waals surface area contributed by atoms with Crippen molar-refractivity contribution in [3.8, 4) is 5.75 Å². The van der Waals surface area contributed by atoms with Gasteiger partial charge in [0.15, 0.2) is 5.82 Å². The van der Waals surface area contributed by atoms with Gasteiger partial charge in [0.2, 0.25) is 11.9 Å². The first-order chi connectivity index (χ1) is 18.9. The number of carbonyl (C=O) groups is 2. The number of ether oxygens (including phenoxy) is 1. The number of aromatic nitrogens is 2. The van der Waals surface area contributed by atoms with E-state index in [-0.39, 0.29) is 23.8 Å². The van der Waals surface area contributed by atoms with Gasteiger partial charge in [-0.05, 0) is 70.4 Å². The Labute approximate surface area is 231 Å². The molecule has 1 aromatic carbocycles. The molecule has 39 heavy (non-hydrogen) atoms. The Balaban J connectivity index is 1.38. The number of amides is 2. The van der Waals surface area contributed by atoms with Gasteiger partial charge in [-0.2, -0.15) is 4.98 Å². The molecule has 2 aliphatic heterocycles. The van der Waals surface area contributed by atoms with Gasteiger partial charge < -0.3 is 30.1 Å². The van der Waals surface area contributed by atoms with Crippen LogP contribution < -0.4 is 25.2 Å². The molecule has 10 nitrogen and oxygen atoms in total. The zero-order chi connectivity index (χ0) is 27.5. The summed E-state index contributed by atoms with van der Waals surface area (Å²) < 4.78 is 5.64. The lowest BCUT2D eigenvalue weighted by Gasteiger charge is -2.31. The Morgan fingerprint density at radius 3 is 2.56 bits per heavy atom. The molecule has 2 N–H and O–H groups in total. The standard InChI is InChI=1S/C29H41N7O3/c1-5-19-18-36(22-8-6-7-9-22)26-24(35(3)28(19)38)17-30-29(33-26)32-23-11-10-20(16-25(23)39-4)27(37)31-21-12-14-34(2)15-13-21/h10-11,16-17,19,21-22H,5-9,12-15,18H2,1-4H3,(H,31,37)(H,30,32,33)/t19-/m1/s1. The molecule has 3 aliphatic rings. The van der Waals surface area contributed by atoms with Gasteiger partial charge in [0.05, 0.1) is 24.9 Å².